The topological polar surface area (TPSA) is 64.4 Å². The molecule has 1 aliphatic rings. The van der Waals surface area contributed by atoms with Gasteiger partial charge in [-0.1, -0.05) is 0 Å². The van der Waals surface area contributed by atoms with Crippen LogP contribution in [0.4, 0.5) is 0 Å². The van der Waals surface area contributed by atoms with Gasteiger partial charge >= 0.3 is 5.97 Å². The summed E-state index contributed by atoms with van der Waals surface area (Å²) in [5.41, 5.74) is 0. The van der Waals surface area contributed by atoms with Gasteiger partial charge in [-0.2, -0.15) is 0 Å². The van der Waals surface area contributed by atoms with Gasteiger partial charge in [0.2, 0.25) is 5.91 Å². The average molecular weight is 237 g/mol. The van der Waals surface area contributed by atoms with Gasteiger partial charge in [0, 0.05) is 38.4 Å². The molecule has 2 heterocycles. The maximum atomic E-state index is 11.7. The van der Waals surface area contributed by atoms with Gasteiger partial charge in [0.1, 0.15) is 0 Å². The molecule has 1 fully saturated rings. The summed E-state index contributed by atoms with van der Waals surface area (Å²) in [6, 6.07) is 0. The summed E-state index contributed by atoms with van der Waals surface area (Å²) in [5.74, 6) is -0.598. The fraction of sp³-hybridized carbons (Fsp3) is 0.545. The van der Waals surface area contributed by atoms with Crippen molar-refractivity contribution in [3.63, 3.8) is 0 Å². The van der Waals surface area contributed by atoms with E-state index in [1.165, 1.54) is 7.11 Å². The first-order valence-corrected chi connectivity index (χ1v) is 5.52. The van der Waals surface area contributed by atoms with Crippen molar-refractivity contribution in [3.8, 4) is 0 Å². The molecule has 0 saturated carbocycles. The lowest BCUT2D eigenvalue weighted by molar-refractivity contribution is -0.145. The fourth-order valence-corrected chi connectivity index (χ4v) is 1.97. The molecule has 2 rings (SSSR count). The van der Waals surface area contributed by atoms with Crippen molar-refractivity contribution in [3.05, 3.63) is 18.7 Å². The van der Waals surface area contributed by atoms with Crippen LogP contribution in [-0.2, 0) is 20.9 Å². The van der Waals surface area contributed by atoms with Gasteiger partial charge in [0.25, 0.3) is 0 Å². The largest absolute Gasteiger partial charge is 0.469 e. The summed E-state index contributed by atoms with van der Waals surface area (Å²) in [6.45, 7) is 1.75. The molecule has 1 atom stereocenters. The quantitative estimate of drug-likeness (QED) is 0.686. The van der Waals surface area contributed by atoms with Crippen molar-refractivity contribution in [2.45, 2.75) is 13.0 Å². The molecule has 1 aromatic heterocycles. The molecule has 17 heavy (non-hydrogen) atoms. The Hall–Kier alpha value is -1.85. The number of aromatic nitrogens is 2. The van der Waals surface area contributed by atoms with E-state index in [4.69, 9.17) is 0 Å². The Kier molecular flexibility index (Phi) is 3.41. The molecule has 6 heteroatoms. The summed E-state index contributed by atoms with van der Waals surface area (Å²) < 4.78 is 6.55. The van der Waals surface area contributed by atoms with E-state index in [9.17, 15) is 9.59 Å². The third-order valence-corrected chi connectivity index (χ3v) is 2.94. The zero-order chi connectivity index (χ0) is 12.3. The highest BCUT2D eigenvalue weighted by Gasteiger charge is 2.34. The van der Waals surface area contributed by atoms with Gasteiger partial charge in [0.05, 0.1) is 19.4 Å². The monoisotopic (exact) mass is 237 g/mol. The molecule has 0 N–H and O–H groups in total. The molecule has 92 valence electrons. The van der Waals surface area contributed by atoms with Gasteiger partial charge in [-0.3, -0.25) is 9.59 Å². The van der Waals surface area contributed by atoms with E-state index < -0.39 is 0 Å². The van der Waals surface area contributed by atoms with Crippen LogP contribution >= 0.6 is 0 Å². The lowest BCUT2D eigenvalue weighted by Gasteiger charge is -2.16. The van der Waals surface area contributed by atoms with Gasteiger partial charge in [-0.05, 0) is 0 Å². The number of esters is 1. The maximum absolute atomic E-state index is 11.7. The highest BCUT2D eigenvalue weighted by Crippen LogP contribution is 2.18. The number of hydrogen-bond donors (Lipinski definition) is 0. The van der Waals surface area contributed by atoms with Gasteiger partial charge in [0.15, 0.2) is 0 Å². The van der Waals surface area contributed by atoms with Crippen molar-refractivity contribution >= 4 is 11.9 Å². The Morgan fingerprint density at radius 3 is 3.06 bits per heavy atom. The lowest BCUT2D eigenvalue weighted by atomic mass is 10.1. The summed E-state index contributed by atoms with van der Waals surface area (Å²) in [5, 5.41) is 0. The van der Waals surface area contributed by atoms with E-state index in [1.807, 2.05) is 10.8 Å². The molecule has 0 unspecified atom stereocenters. The Bertz CT molecular complexity index is 402. The standard InChI is InChI=1S/C11H15N3O3/c1-17-11(16)9-6-10(15)14(7-9)5-4-13-3-2-12-8-13/h2-3,8-9H,4-7H2,1H3/t9-/m1/s1. The first-order valence-electron chi connectivity index (χ1n) is 5.52. The summed E-state index contributed by atoms with van der Waals surface area (Å²) in [4.78, 5) is 28.6. The SMILES string of the molecule is COC(=O)[C@@H]1CC(=O)N(CCn2ccnc2)C1. The zero-order valence-electron chi connectivity index (χ0n) is 9.70. The summed E-state index contributed by atoms with van der Waals surface area (Å²) in [6.07, 6.45) is 5.51. The minimum Gasteiger partial charge on any atom is -0.469 e. The Morgan fingerprint density at radius 1 is 1.59 bits per heavy atom. The first-order chi connectivity index (χ1) is 8.20. The van der Waals surface area contributed by atoms with Crippen LogP contribution < -0.4 is 0 Å². The number of nitrogens with zero attached hydrogens (tertiary/aromatic N) is 3. The maximum Gasteiger partial charge on any atom is 0.310 e. The van der Waals surface area contributed by atoms with E-state index in [0.29, 0.717) is 19.6 Å². The summed E-state index contributed by atoms with van der Waals surface area (Å²) >= 11 is 0. The Balaban J connectivity index is 1.86. The number of methoxy groups -OCH3 is 1. The number of rotatable bonds is 4. The van der Waals surface area contributed by atoms with Crippen molar-refractivity contribution in [1.82, 2.24) is 14.5 Å². The second kappa shape index (κ2) is 4.99. The predicted molar refractivity (Wildman–Crippen MR) is 58.9 cm³/mol. The third kappa shape index (κ3) is 2.64. The Morgan fingerprint density at radius 2 is 2.41 bits per heavy atom. The number of likely N-dealkylation sites (tertiary alicyclic amines) is 1. The minimum atomic E-state index is -0.310. The molecule has 0 radical (unpaired) electrons. The van der Waals surface area contributed by atoms with Crippen LogP contribution in [0.3, 0.4) is 0 Å². The number of imidazole rings is 1. The second-order valence-electron chi connectivity index (χ2n) is 4.06. The molecule has 1 amide bonds. The molecule has 1 saturated heterocycles. The number of carbonyl (C=O) groups excluding carboxylic acids is 2. The lowest BCUT2D eigenvalue weighted by Crippen LogP contribution is -2.29. The van der Waals surface area contributed by atoms with E-state index in [-0.39, 0.29) is 24.2 Å². The zero-order valence-corrected chi connectivity index (χ0v) is 9.70. The molecule has 0 spiro atoms. The number of hydrogen-bond acceptors (Lipinski definition) is 4. The Labute approximate surface area is 99.2 Å². The van der Waals surface area contributed by atoms with Crippen molar-refractivity contribution < 1.29 is 14.3 Å². The third-order valence-electron chi connectivity index (χ3n) is 2.94. The smallest absolute Gasteiger partial charge is 0.310 e. The van der Waals surface area contributed by atoms with Crippen molar-refractivity contribution in [2.75, 3.05) is 20.2 Å². The minimum absolute atomic E-state index is 0.0144. The van der Waals surface area contributed by atoms with Gasteiger partial charge in [-0.15, -0.1) is 0 Å². The van der Waals surface area contributed by atoms with Crippen LogP contribution in [0.25, 0.3) is 0 Å². The molecule has 1 aliphatic heterocycles. The molecular weight excluding hydrogens is 222 g/mol. The second-order valence-corrected chi connectivity index (χ2v) is 4.06. The van der Waals surface area contributed by atoms with Crippen LogP contribution in [0.15, 0.2) is 18.7 Å². The highest BCUT2D eigenvalue weighted by atomic mass is 16.5. The van der Waals surface area contributed by atoms with Crippen LogP contribution in [0.2, 0.25) is 0 Å². The van der Waals surface area contributed by atoms with Crippen LogP contribution in [0, 0.1) is 5.92 Å². The molecular formula is C11H15N3O3. The number of ether oxygens (including phenoxy) is 1. The first kappa shape index (κ1) is 11.6. The average Bonchev–Trinajstić information content (AvgIpc) is 2.95. The highest BCUT2D eigenvalue weighted by molar-refractivity contribution is 5.86. The van der Waals surface area contributed by atoms with Crippen LogP contribution in [-0.4, -0.2) is 46.5 Å². The molecule has 0 bridgehead atoms. The number of amides is 1. The number of carbonyl (C=O) groups is 2. The predicted octanol–water partition coefficient (Wildman–Crippen LogP) is -0.0954. The van der Waals surface area contributed by atoms with E-state index in [0.717, 1.165) is 0 Å². The van der Waals surface area contributed by atoms with E-state index in [2.05, 4.69) is 9.72 Å². The summed E-state index contributed by atoms with van der Waals surface area (Å²) in [7, 11) is 1.35. The van der Waals surface area contributed by atoms with Gasteiger partial charge in [-0.25, -0.2) is 4.98 Å². The van der Waals surface area contributed by atoms with Crippen LogP contribution in [0.5, 0.6) is 0 Å². The molecule has 0 aliphatic carbocycles. The fourth-order valence-electron chi connectivity index (χ4n) is 1.97. The van der Waals surface area contributed by atoms with Crippen LogP contribution in [0.1, 0.15) is 6.42 Å². The molecule has 6 nitrogen and oxygen atoms in total. The van der Waals surface area contributed by atoms with Crippen molar-refractivity contribution in [2.24, 2.45) is 5.92 Å². The normalized spacial score (nSPS) is 19.7. The molecule has 1 aromatic rings. The van der Waals surface area contributed by atoms with Gasteiger partial charge < -0.3 is 14.2 Å². The molecule has 0 aromatic carbocycles. The van der Waals surface area contributed by atoms with E-state index >= 15 is 0 Å². The van der Waals surface area contributed by atoms with E-state index in [1.54, 1.807) is 17.4 Å². The van der Waals surface area contributed by atoms with Crippen molar-refractivity contribution in [1.29, 1.82) is 0 Å².